The Morgan fingerprint density at radius 3 is 2.14 bits per heavy atom. The molecule has 0 saturated heterocycles. The van der Waals surface area contributed by atoms with Gasteiger partial charge in [0.15, 0.2) is 0 Å². The molecule has 0 spiro atoms. The topological polar surface area (TPSA) is 25.2 Å². The zero-order chi connectivity index (χ0) is 16.0. The highest BCUT2D eigenvalue weighted by atomic mass is 79.9. The molecule has 0 saturated carbocycles. The molecule has 0 bridgehead atoms. The molecule has 0 radical (unpaired) electrons. The summed E-state index contributed by atoms with van der Waals surface area (Å²) in [6, 6.07) is 1.93. The lowest BCUT2D eigenvalue weighted by molar-refractivity contribution is 0.0730. The molecule has 0 atom stereocenters. The summed E-state index contributed by atoms with van der Waals surface area (Å²) in [6.45, 7) is 13.4. The monoisotopic (exact) mass is 356 g/mol. The largest absolute Gasteiger partial charge is 0.343 e. The van der Waals surface area contributed by atoms with E-state index in [1.165, 1.54) is 0 Å². The van der Waals surface area contributed by atoms with Crippen LogP contribution in [0.1, 0.15) is 57.9 Å². The first-order valence-electron chi connectivity index (χ1n) is 8.00. The van der Waals surface area contributed by atoms with Crippen LogP contribution in [0, 0.1) is 11.8 Å². The van der Waals surface area contributed by atoms with E-state index < -0.39 is 0 Å². The fraction of sp³-hybridized carbons (Fsp3) is 0.706. The van der Waals surface area contributed by atoms with Crippen molar-refractivity contribution in [2.24, 2.45) is 11.8 Å². The van der Waals surface area contributed by atoms with Crippen LogP contribution in [0.4, 0.5) is 0 Å². The predicted octanol–water partition coefficient (Wildman–Crippen LogP) is 4.80. The van der Waals surface area contributed by atoms with Crippen molar-refractivity contribution in [3.8, 4) is 0 Å². The molecule has 3 nitrogen and oxygen atoms in total. The first-order chi connectivity index (χ1) is 9.85. The molecule has 120 valence electrons. The fourth-order valence-electron chi connectivity index (χ4n) is 2.22. The van der Waals surface area contributed by atoms with E-state index in [0.29, 0.717) is 11.8 Å². The number of aromatic nitrogens is 1. The van der Waals surface area contributed by atoms with Crippen molar-refractivity contribution >= 4 is 21.8 Å². The van der Waals surface area contributed by atoms with E-state index in [0.717, 1.165) is 42.6 Å². The van der Waals surface area contributed by atoms with Crippen molar-refractivity contribution in [2.45, 2.75) is 54.0 Å². The van der Waals surface area contributed by atoms with E-state index in [9.17, 15) is 4.79 Å². The maximum absolute atomic E-state index is 12.8. The van der Waals surface area contributed by atoms with Crippen molar-refractivity contribution in [3.05, 3.63) is 22.4 Å². The Kier molecular flexibility index (Phi) is 7.50. The first kappa shape index (κ1) is 18.3. The molecule has 0 N–H and O–H groups in total. The van der Waals surface area contributed by atoms with Crippen LogP contribution in [0.5, 0.6) is 0 Å². The Balaban J connectivity index is 2.86. The SMILES string of the molecule is CCn1cc(Br)cc1C(=O)N(CCC(C)C)CCC(C)C. The van der Waals surface area contributed by atoms with Gasteiger partial charge in [-0.25, -0.2) is 0 Å². The van der Waals surface area contributed by atoms with Gasteiger partial charge in [0.25, 0.3) is 5.91 Å². The van der Waals surface area contributed by atoms with Crippen molar-refractivity contribution < 1.29 is 4.79 Å². The number of aryl methyl sites for hydroxylation is 1. The maximum atomic E-state index is 12.8. The van der Waals surface area contributed by atoms with E-state index >= 15 is 0 Å². The molecule has 1 aromatic rings. The smallest absolute Gasteiger partial charge is 0.270 e. The number of carbonyl (C=O) groups excluding carboxylic acids is 1. The maximum Gasteiger partial charge on any atom is 0.270 e. The van der Waals surface area contributed by atoms with Gasteiger partial charge in [0.2, 0.25) is 0 Å². The fourth-order valence-corrected chi connectivity index (χ4v) is 2.68. The molecule has 1 aromatic heterocycles. The van der Waals surface area contributed by atoms with Gasteiger partial charge in [-0.1, -0.05) is 27.7 Å². The van der Waals surface area contributed by atoms with Gasteiger partial charge in [0.05, 0.1) is 0 Å². The van der Waals surface area contributed by atoms with Gasteiger partial charge in [0.1, 0.15) is 5.69 Å². The van der Waals surface area contributed by atoms with Crippen LogP contribution < -0.4 is 0 Å². The third-order valence-corrected chi connectivity index (χ3v) is 4.10. The van der Waals surface area contributed by atoms with Gasteiger partial charge < -0.3 is 9.47 Å². The summed E-state index contributed by atoms with van der Waals surface area (Å²) in [4.78, 5) is 14.9. The van der Waals surface area contributed by atoms with Gasteiger partial charge >= 0.3 is 0 Å². The van der Waals surface area contributed by atoms with Crippen molar-refractivity contribution in [1.29, 1.82) is 0 Å². The standard InChI is InChI=1S/C17H29BrN2O/c1-6-19-12-15(18)11-16(19)17(21)20(9-7-13(2)3)10-8-14(4)5/h11-14H,6-10H2,1-5H3. The van der Waals surface area contributed by atoms with Crippen molar-refractivity contribution in [2.75, 3.05) is 13.1 Å². The molecule has 0 aliphatic heterocycles. The highest BCUT2D eigenvalue weighted by Crippen LogP contribution is 2.18. The number of nitrogens with zero attached hydrogens (tertiary/aromatic N) is 2. The van der Waals surface area contributed by atoms with E-state index in [2.05, 4.69) is 50.5 Å². The van der Waals surface area contributed by atoms with Gasteiger partial charge in [-0.05, 0) is 53.6 Å². The van der Waals surface area contributed by atoms with Crippen LogP contribution in [0.3, 0.4) is 0 Å². The lowest BCUT2D eigenvalue weighted by Crippen LogP contribution is -2.35. The number of carbonyl (C=O) groups is 1. The molecular weight excluding hydrogens is 328 g/mol. The van der Waals surface area contributed by atoms with Gasteiger partial charge in [-0.2, -0.15) is 0 Å². The molecule has 1 rings (SSSR count). The molecule has 0 fully saturated rings. The van der Waals surface area contributed by atoms with Gasteiger partial charge in [-0.15, -0.1) is 0 Å². The quantitative estimate of drug-likeness (QED) is 0.656. The summed E-state index contributed by atoms with van der Waals surface area (Å²) >= 11 is 3.47. The van der Waals surface area contributed by atoms with Crippen LogP contribution in [-0.2, 0) is 6.54 Å². The Labute approximate surface area is 137 Å². The highest BCUT2D eigenvalue weighted by molar-refractivity contribution is 9.10. The molecule has 0 aromatic carbocycles. The zero-order valence-electron chi connectivity index (χ0n) is 14.0. The van der Waals surface area contributed by atoms with E-state index in [1.807, 2.05) is 21.7 Å². The summed E-state index contributed by atoms with van der Waals surface area (Å²) < 4.78 is 2.99. The first-order valence-corrected chi connectivity index (χ1v) is 8.79. The Morgan fingerprint density at radius 1 is 1.19 bits per heavy atom. The third-order valence-electron chi connectivity index (χ3n) is 3.66. The second-order valence-corrected chi connectivity index (χ2v) is 7.40. The van der Waals surface area contributed by atoms with Crippen LogP contribution in [0.15, 0.2) is 16.7 Å². The zero-order valence-corrected chi connectivity index (χ0v) is 15.6. The minimum absolute atomic E-state index is 0.156. The van der Waals surface area contributed by atoms with Crippen LogP contribution in [0.2, 0.25) is 0 Å². The Hall–Kier alpha value is -0.770. The van der Waals surface area contributed by atoms with Gasteiger partial charge in [-0.3, -0.25) is 4.79 Å². The summed E-state index contributed by atoms with van der Waals surface area (Å²) in [7, 11) is 0. The van der Waals surface area contributed by atoms with Crippen LogP contribution in [0.25, 0.3) is 0 Å². The Morgan fingerprint density at radius 2 is 1.71 bits per heavy atom. The number of hydrogen-bond donors (Lipinski definition) is 0. The Bertz CT molecular complexity index is 440. The average Bonchev–Trinajstić information content (AvgIpc) is 2.78. The molecular formula is C17H29BrN2O. The van der Waals surface area contributed by atoms with Crippen LogP contribution in [-0.4, -0.2) is 28.5 Å². The highest BCUT2D eigenvalue weighted by Gasteiger charge is 2.20. The van der Waals surface area contributed by atoms with E-state index in [-0.39, 0.29) is 5.91 Å². The van der Waals surface area contributed by atoms with Crippen molar-refractivity contribution in [1.82, 2.24) is 9.47 Å². The molecule has 21 heavy (non-hydrogen) atoms. The van der Waals surface area contributed by atoms with Gasteiger partial charge in [0, 0.05) is 30.3 Å². The molecule has 4 heteroatoms. The summed E-state index contributed by atoms with van der Waals surface area (Å²) in [6.07, 6.45) is 4.09. The minimum Gasteiger partial charge on any atom is -0.343 e. The second-order valence-electron chi connectivity index (χ2n) is 6.49. The van der Waals surface area contributed by atoms with E-state index in [1.54, 1.807) is 0 Å². The normalized spacial score (nSPS) is 11.4. The van der Waals surface area contributed by atoms with E-state index in [4.69, 9.17) is 0 Å². The molecule has 1 heterocycles. The number of hydrogen-bond acceptors (Lipinski definition) is 1. The minimum atomic E-state index is 0.156. The number of amides is 1. The number of rotatable bonds is 8. The lowest BCUT2D eigenvalue weighted by atomic mass is 10.1. The third kappa shape index (κ3) is 5.85. The number of halogens is 1. The summed E-state index contributed by atoms with van der Waals surface area (Å²) in [5, 5.41) is 0. The lowest BCUT2D eigenvalue weighted by Gasteiger charge is -2.25. The van der Waals surface area contributed by atoms with Crippen molar-refractivity contribution in [3.63, 3.8) is 0 Å². The second kappa shape index (κ2) is 8.62. The molecule has 0 aliphatic rings. The molecule has 0 unspecified atom stereocenters. The molecule has 0 aliphatic carbocycles. The summed E-state index contributed by atoms with van der Waals surface area (Å²) in [5.41, 5.74) is 0.789. The summed E-state index contributed by atoms with van der Waals surface area (Å²) in [5.74, 6) is 1.39. The molecule has 1 amide bonds. The predicted molar refractivity (Wildman–Crippen MR) is 92.6 cm³/mol. The van der Waals surface area contributed by atoms with Crippen LogP contribution >= 0.6 is 15.9 Å². The average molecular weight is 357 g/mol.